The summed E-state index contributed by atoms with van der Waals surface area (Å²) in [5.74, 6) is 0.118. The minimum atomic E-state index is 0.00335. The molecule has 112 valence electrons. The van der Waals surface area contributed by atoms with Gasteiger partial charge in [0.25, 0.3) is 0 Å². The van der Waals surface area contributed by atoms with Crippen LogP contribution in [0.15, 0.2) is 24.3 Å². The maximum atomic E-state index is 11.8. The zero-order valence-corrected chi connectivity index (χ0v) is 12.9. The van der Waals surface area contributed by atoms with Crippen molar-refractivity contribution in [2.24, 2.45) is 5.92 Å². The van der Waals surface area contributed by atoms with Crippen LogP contribution in [0.25, 0.3) is 0 Å². The second-order valence-corrected chi connectivity index (χ2v) is 5.58. The van der Waals surface area contributed by atoms with Crippen LogP contribution in [-0.2, 0) is 11.2 Å². The highest BCUT2D eigenvalue weighted by Gasteiger charge is 2.13. The lowest BCUT2D eigenvalue weighted by atomic mass is 10.0. The van der Waals surface area contributed by atoms with E-state index in [4.69, 9.17) is 5.11 Å². The third-order valence-electron chi connectivity index (χ3n) is 3.62. The van der Waals surface area contributed by atoms with Crippen LogP contribution < -0.4 is 10.2 Å². The molecule has 0 saturated heterocycles. The lowest BCUT2D eigenvalue weighted by Gasteiger charge is -2.19. The van der Waals surface area contributed by atoms with Crippen LogP contribution in [0.2, 0.25) is 0 Å². The molecule has 1 aromatic rings. The van der Waals surface area contributed by atoms with E-state index >= 15 is 0 Å². The standard InChI is InChI=1S/C16H26N2O2/c1-12(11-19)13(2)17-16(20)10-7-14-5-8-15(9-6-14)18(3)4/h5-6,8-9,12-13,19H,7,10-11H2,1-4H3,(H,17,20). The summed E-state index contributed by atoms with van der Waals surface area (Å²) in [6, 6.07) is 8.24. The van der Waals surface area contributed by atoms with Crippen molar-refractivity contribution in [3.05, 3.63) is 29.8 Å². The van der Waals surface area contributed by atoms with Crippen LogP contribution in [-0.4, -0.2) is 37.8 Å². The van der Waals surface area contributed by atoms with Gasteiger partial charge in [0, 0.05) is 38.9 Å². The van der Waals surface area contributed by atoms with Crippen molar-refractivity contribution in [3.63, 3.8) is 0 Å². The number of rotatable bonds is 7. The van der Waals surface area contributed by atoms with E-state index in [9.17, 15) is 4.79 Å². The van der Waals surface area contributed by atoms with Crippen molar-refractivity contribution in [1.29, 1.82) is 0 Å². The summed E-state index contributed by atoms with van der Waals surface area (Å²) in [6.07, 6.45) is 1.21. The molecule has 1 rings (SSSR count). The number of amides is 1. The molecule has 0 aliphatic heterocycles. The van der Waals surface area contributed by atoms with E-state index in [1.165, 1.54) is 0 Å². The van der Waals surface area contributed by atoms with Gasteiger partial charge in [0.05, 0.1) is 0 Å². The van der Waals surface area contributed by atoms with Gasteiger partial charge in [-0.2, -0.15) is 0 Å². The van der Waals surface area contributed by atoms with Crippen LogP contribution in [0.3, 0.4) is 0 Å². The van der Waals surface area contributed by atoms with E-state index in [2.05, 4.69) is 34.5 Å². The minimum Gasteiger partial charge on any atom is -0.396 e. The Labute approximate surface area is 121 Å². The molecular formula is C16H26N2O2. The molecule has 0 heterocycles. The van der Waals surface area contributed by atoms with Gasteiger partial charge in [-0.25, -0.2) is 0 Å². The number of hydrogen-bond donors (Lipinski definition) is 2. The summed E-state index contributed by atoms with van der Waals surface area (Å²) in [7, 11) is 4.01. The number of carbonyl (C=O) groups is 1. The van der Waals surface area contributed by atoms with E-state index in [-0.39, 0.29) is 24.5 Å². The highest BCUT2D eigenvalue weighted by Crippen LogP contribution is 2.13. The summed E-state index contributed by atoms with van der Waals surface area (Å²) < 4.78 is 0. The normalized spacial score (nSPS) is 13.7. The number of hydrogen-bond acceptors (Lipinski definition) is 3. The van der Waals surface area contributed by atoms with Crippen molar-refractivity contribution < 1.29 is 9.90 Å². The van der Waals surface area contributed by atoms with E-state index in [1.54, 1.807) is 0 Å². The van der Waals surface area contributed by atoms with Gasteiger partial charge in [-0.05, 0) is 37.0 Å². The smallest absolute Gasteiger partial charge is 0.220 e. The minimum absolute atomic E-state index is 0.00335. The number of nitrogens with zero attached hydrogens (tertiary/aromatic N) is 1. The number of aliphatic hydroxyl groups excluding tert-OH is 1. The monoisotopic (exact) mass is 278 g/mol. The van der Waals surface area contributed by atoms with Gasteiger partial charge in [-0.3, -0.25) is 4.79 Å². The molecule has 4 nitrogen and oxygen atoms in total. The van der Waals surface area contributed by atoms with Gasteiger partial charge < -0.3 is 15.3 Å². The fraction of sp³-hybridized carbons (Fsp3) is 0.562. The predicted octanol–water partition coefficient (Wildman–Crippen LogP) is 1.82. The molecule has 1 aromatic carbocycles. The summed E-state index contributed by atoms with van der Waals surface area (Å²) in [5.41, 5.74) is 2.32. The summed E-state index contributed by atoms with van der Waals surface area (Å²) in [5, 5.41) is 12.0. The fourth-order valence-electron chi connectivity index (χ4n) is 1.85. The van der Waals surface area contributed by atoms with Crippen LogP contribution >= 0.6 is 0 Å². The Bertz CT molecular complexity index is 415. The van der Waals surface area contributed by atoms with Crippen molar-refractivity contribution in [2.45, 2.75) is 32.7 Å². The molecule has 0 fully saturated rings. The average Bonchev–Trinajstić information content (AvgIpc) is 2.44. The highest BCUT2D eigenvalue weighted by molar-refractivity contribution is 5.76. The summed E-state index contributed by atoms with van der Waals surface area (Å²) in [4.78, 5) is 13.9. The van der Waals surface area contributed by atoms with Gasteiger partial charge in [-0.15, -0.1) is 0 Å². The molecule has 0 spiro atoms. The number of aryl methyl sites for hydroxylation is 1. The first kappa shape index (κ1) is 16.5. The van der Waals surface area contributed by atoms with Gasteiger partial charge in [0.2, 0.25) is 5.91 Å². The molecule has 0 aromatic heterocycles. The molecule has 2 N–H and O–H groups in total. The quantitative estimate of drug-likeness (QED) is 0.800. The number of benzene rings is 1. The Morgan fingerprint density at radius 1 is 1.25 bits per heavy atom. The molecule has 0 radical (unpaired) electrons. The molecule has 2 atom stereocenters. The van der Waals surface area contributed by atoms with E-state index in [0.717, 1.165) is 17.7 Å². The number of carbonyl (C=O) groups excluding carboxylic acids is 1. The van der Waals surface area contributed by atoms with Gasteiger partial charge >= 0.3 is 0 Å². The zero-order valence-electron chi connectivity index (χ0n) is 12.9. The first-order valence-corrected chi connectivity index (χ1v) is 7.10. The first-order chi connectivity index (χ1) is 9.43. The third kappa shape index (κ3) is 5.21. The Kier molecular flexibility index (Phi) is 6.52. The van der Waals surface area contributed by atoms with Crippen LogP contribution in [0.5, 0.6) is 0 Å². The predicted molar refractivity (Wildman–Crippen MR) is 82.9 cm³/mol. The van der Waals surface area contributed by atoms with Gasteiger partial charge in [0.1, 0.15) is 0 Å². The van der Waals surface area contributed by atoms with Crippen molar-refractivity contribution in [2.75, 3.05) is 25.6 Å². The lowest BCUT2D eigenvalue weighted by molar-refractivity contribution is -0.122. The van der Waals surface area contributed by atoms with Crippen LogP contribution in [0, 0.1) is 5.92 Å². The Balaban J connectivity index is 2.41. The summed E-state index contributed by atoms with van der Waals surface area (Å²) >= 11 is 0. The molecule has 0 aliphatic rings. The molecule has 0 bridgehead atoms. The second-order valence-electron chi connectivity index (χ2n) is 5.58. The maximum absolute atomic E-state index is 11.8. The lowest BCUT2D eigenvalue weighted by Crippen LogP contribution is -2.38. The zero-order chi connectivity index (χ0) is 15.1. The molecule has 1 amide bonds. The number of nitrogens with one attached hydrogen (secondary N) is 1. The maximum Gasteiger partial charge on any atom is 0.220 e. The van der Waals surface area contributed by atoms with Gasteiger partial charge in [0.15, 0.2) is 0 Å². The molecule has 20 heavy (non-hydrogen) atoms. The Morgan fingerprint density at radius 3 is 2.35 bits per heavy atom. The second kappa shape index (κ2) is 7.90. The van der Waals surface area contributed by atoms with E-state index in [0.29, 0.717) is 6.42 Å². The average molecular weight is 278 g/mol. The van der Waals surface area contributed by atoms with E-state index in [1.807, 2.05) is 27.9 Å². The highest BCUT2D eigenvalue weighted by atomic mass is 16.3. The molecule has 0 aliphatic carbocycles. The number of aliphatic hydroxyl groups is 1. The molecule has 2 unspecified atom stereocenters. The molecular weight excluding hydrogens is 252 g/mol. The SMILES string of the molecule is CC(CO)C(C)NC(=O)CCc1ccc(N(C)C)cc1. The van der Waals surface area contributed by atoms with E-state index < -0.39 is 0 Å². The van der Waals surface area contributed by atoms with Crippen molar-refractivity contribution >= 4 is 11.6 Å². The topological polar surface area (TPSA) is 52.6 Å². The third-order valence-corrected chi connectivity index (χ3v) is 3.62. The summed E-state index contributed by atoms with van der Waals surface area (Å²) in [6.45, 7) is 3.93. The van der Waals surface area contributed by atoms with Crippen molar-refractivity contribution in [3.8, 4) is 0 Å². The van der Waals surface area contributed by atoms with Crippen molar-refractivity contribution in [1.82, 2.24) is 5.32 Å². The van der Waals surface area contributed by atoms with Gasteiger partial charge in [-0.1, -0.05) is 19.1 Å². The van der Waals surface area contributed by atoms with Crippen LogP contribution in [0.1, 0.15) is 25.8 Å². The molecule has 0 saturated carbocycles. The first-order valence-electron chi connectivity index (χ1n) is 7.10. The fourth-order valence-corrected chi connectivity index (χ4v) is 1.85. The Hall–Kier alpha value is -1.55. The number of anilines is 1. The Morgan fingerprint density at radius 2 is 1.85 bits per heavy atom. The largest absolute Gasteiger partial charge is 0.396 e. The molecule has 4 heteroatoms. The van der Waals surface area contributed by atoms with Crippen LogP contribution in [0.4, 0.5) is 5.69 Å².